The molecule has 2 rings (SSSR count). The number of H-pyrrole nitrogens is 1. The molecule has 0 aliphatic carbocycles. The number of nitrogens with zero attached hydrogens (tertiary/aromatic N) is 1. The van der Waals surface area contributed by atoms with Gasteiger partial charge in [0.15, 0.2) is 0 Å². The predicted octanol–water partition coefficient (Wildman–Crippen LogP) is 1.26. The summed E-state index contributed by atoms with van der Waals surface area (Å²) >= 11 is 0. The molecular weight excluding hydrogens is 230 g/mol. The van der Waals surface area contributed by atoms with Crippen LogP contribution < -0.4 is 5.32 Å². The molecule has 96 valence electrons. The fraction of sp³-hybridized carbons (Fsp3) is 0.385. The van der Waals surface area contributed by atoms with Crippen LogP contribution in [0.3, 0.4) is 0 Å². The number of para-hydroxylation sites is 2. The summed E-state index contributed by atoms with van der Waals surface area (Å²) in [6.45, 7) is 1.04. The SMILES string of the molecule is COCCC(=O)NCCc1nc2ccccc2[nH]1. The van der Waals surface area contributed by atoms with Gasteiger partial charge in [-0.2, -0.15) is 0 Å². The van der Waals surface area contributed by atoms with E-state index in [9.17, 15) is 4.79 Å². The van der Waals surface area contributed by atoms with E-state index in [1.165, 1.54) is 0 Å². The largest absolute Gasteiger partial charge is 0.384 e. The van der Waals surface area contributed by atoms with E-state index >= 15 is 0 Å². The van der Waals surface area contributed by atoms with Crippen molar-refractivity contribution in [3.63, 3.8) is 0 Å². The molecule has 0 spiro atoms. The van der Waals surface area contributed by atoms with Gasteiger partial charge in [-0.1, -0.05) is 12.1 Å². The second-order valence-electron chi connectivity index (χ2n) is 4.04. The third kappa shape index (κ3) is 3.30. The van der Waals surface area contributed by atoms with Crippen molar-refractivity contribution in [2.24, 2.45) is 0 Å². The second-order valence-corrected chi connectivity index (χ2v) is 4.04. The van der Waals surface area contributed by atoms with Crippen LogP contribution in [0.4, 0.5) is 0 Å². The topological polar surface area (TPSA) is 67.0 Å². The van der Waals surface area contributed by atoms with Gasteiger partial charge in [0, 0.05) is 26.5 Å². The minimum atomic E-state index is 0.00737. The Kier molecular flexibility index (Phi) is 4.30. The fourth-order valence-electron chi connectivity index (χ4n) is 1.73. The van der Waals surface area contributed by atoms with Gasteiger partial charge >= 0.3 is 0 Å². The molecule has 0 saturated heterocycles. The van der Waals surface area contributed by atoms with E-state index in [4.69, 9.17) is 4.74 Å². The van der Waals surface area contributed by atoms with Crippen LogP contribution in [-0.2, 0) is 16.0 Å². The number of carbonyl (C=O) groups excluding carboxylic acids is 1. The van der Waals surface area contributed by atoms with Gasteiger partial charge in [-0.3, -0.25) is 4.79 Å². The summed E-state index contributed by atoms with van der Waals surface area (Å²) in [6, 6.07) is 7.88. The van der Waals surface area contributed by atoms with Crippen LogP contribution in [0.25, 0.3) is 11.0 Å². The number of ether oxygens (including phenoxy) is 1. The van der Waals surface area contributed by atoms with E-state index in [1.54, 1.807) is 7.11 Å². The molecule has 2 N–H and O–H groups in total. The molecule has 1 heterocycles. The number of rotatable bonds is 6. The third-order valence-corrected chi connectivity index (χ3v) is 2.66. The zero-order chi connectivity index (χ0) is 12.8. The zero-order valence-corrected chi connectivity index (χ0v) is 10.4. The maximum atomic E-state index is 11.3. The highest BCUT2D eigenvalue weighted by atomic mass is 16.5. The molecule has 0 radical (unpaired) electrons. The number of amides is 1. The van der Waals surface area contributed by atoms with Gasteiger partial charge in [0.1, 0.15) is 5.82 Å². The zero-order valence-electron chi connectivity index (χ0n) is 10.4. The molecule has 0 aliphatic rings. The molecule has 0 unspecified atom stereocenters. The Morgan fingerprint density at radius 2 is 2.28 bits per heavy atom. The minimum Gasteiger partial charge on any atom is -0.384 e. The van der Waals surface area contributed by atoms with Gasteiger partial charge in [0.25, 0.3) is 0 Å². The van der Waals surface area contributed by atoms with E-state index in [1.807, 2.05) is 24.3 Å². The quantitative estimate of drug-likeness (QED) is 0.807. The first kappa shape index (κ1) is 12.6. The normalized spacial score (nSPS) is 10.7. The number of aromatic amines is 1. The van der Waals surface area contributed by atoms with Gasteiger partial charge in [-0.15, -0.1) is 0 Å². The van der Waals surface area contributed by atoms with E-state index in [-0.39, 0.29) is 5.91 Å². The Hall–Kier alpha value is -1.88. The van der Waals surface area contributed by atoms with Gasteiger partial charge in [-0.05, 0) is 12.1 Å². The van der Waals surface area contributed by atoms with E-state index in [0.717, 1.165) is 16.9 Å². The first-order valence-corrected chi connectivity index (χ1v) is 5.99. The average molecular weight is 247 g/mol. The molecular formula is C13H17N3O2. The second kappa shape index (κ2) is 6.16. The molecule has 1 aromatic heterocycles. The van der Waals surface area contributed by atoms with Crippen molar-refractivity contribution in [1.82, 2.24) is 15.3 Å². The lowest BCUT2D eigenvalue weighted by Crippen LogP contribution is -2.26. The van der Waals surface area contributed by atoms with Crippen LogP contribution in [0, 0.1) is 0 Å². The predicted molar refractivity (Wildman–Crippen MR) is 69.3 cm³/mol. The summed E-state index contributed by atoms with van der Waals surface area (Å²) in [7, 11) is 1.59. The van der Waals surface area contributed by atoms with Crippen molar-refractivity contribution >= 4 is 16.9 Å². The highest BCUT2D eigenvalue weighted by Gasteiger charge is 2.03. The summed E-state index contributed by atoms with van der Waals surface area (Å²) in [6.07, 6.45) is 1.10. The molecule has 1 aromatic carbocycles. The van der Waals surface area contributed by atoms with Gasteiger partial charge < -0.3 is 15.0 Å². The molecule has 1 amide bonds. The number of hydrogen-bond donors (Lipinski definition) is 2. The number of methoxy groups -OCH3 is 1. The molecule has 2 aromatic rings. The highest BCUT2D eigenvalue weighted by molar-refractivity contribution is 5.76. The van der Waals surface area contributed by atoms with Crippen LogP contribution in [0.1, 0.15) is 12.2 Å². The van der Waals surface area contributed by atoms with Crippen molar-refractivity contribution in [3.05, 3.63) is 30.1 Å². The molecule has 0 atom stereocenters. The lowest BCUT2D eigenvalue weighted by molar-refractivity contribution is -0.121. The standard InChI is InChI=1S/C13H17N3O2/c1-18-9-7-13(17)14-8-6-12-15-10-4-2-3-5-11(10)16-12/h2-5H,6-9H2,1H3,(H,14,17)(H,15,16). The Morgan fingerprint density at radius 1 is 1.44 bits per heavy atom. The number of carbonyl (C=O) groups is 1. The summed E-state index contributed by atoms with van der Waals surface area (Å²) in [4.78, 5) is 19.0. The summed E-state index contributed by atoms with van der Waals surface area (Å²) in [5.41, 5.74) is 1.98. The lowest BCUT2D eigenvalue weighted by Gasteiger charge is -2.02. The molecule has 0 bridgehead atoms. The Labute approximate surface area is 106 Å². The first-order valence-electron chi connectivity index (χ1n) is 5.99. The molecule has 5 nitrogen and oxygen atoms in total. The van der Waals surface area contributed by atoms with Crippen molar-refractivity contribution in [2.75, 3.05) is 20.3 Å². The van der Waals surface area contributed by atoms with E-state index in [0.29, 0.717) is 26.0 Å². The third-order valence-electron chi connectivity index (χ3n) is 2.66. The number of benzene rings is 1. The van der Waals surface area contributed by atoms with Crippen molar-refractivity contribution < 1.29 is 9.53 Å². The minimum absolute atomic E-state index is 0.00737. The first-order chi connectivity index (χ1) is 8.79. The maximum absolute atomic E-state index is 11.3. The van der Waals surface area contributed by atoms with Gasteiger partial charge in [0.2, 0.25) is 5.91 Å². The van der Waals surface area contributed by atoms with Crippen molar-refractivity contribution in [1.29, 1.82) is 0 Å². The Balaban J connectivity index is 1.81. The monoisotopic (exact) mass is 247 g/mol. The fourth-order valence-corrected chi connectivity index (χ4v) is 1.73. The molecule has 0 fully saturated rings. The van der Waals surface area contributed by atoms with Crippen molar-refractivity contribution in [3.8, 4) is 0 Å². The van der Waals surface area contributed by atoms with Crippen LogP contribution in [0.15, 0.2) is 24.3 Å². The van der Waals surface area contributed by atoms with Crippen molar-refractivity contribution in [2.45, 2.75) is 12.8 Å². The highest BCUT2D eigenvalue weighted by Crippen LogP contribution is 2.10. The number of aromatic nitrogens is 2. The Morgan fingerprint density at radius 3 is 3.06 bits per heavy atom. The van der Waals surface area contributed by atoms with Crippen LogP contribution >= 0.6 is 0 Å². The Bertz CT molecular complexity index is 489. The summed E-state index contributed by atoms with van der Waals surface area (Å²) in [5.74, 6) is 0.899. The maximum Gasteiger partial charge on any atom is 0.222 e. The number of fused-ring (bicyclic) bond motifs is 1. The van der Waals surface area contributed by atoms with Gasteiger partial charge in [-0.25, -0.2) is 4.98 Å². The van der Waals surface area contributed by atoms with Crippen LogP contribution in [-0.4, -0.2) is 36.1 Å². The number of nitrogens with one attached hydrogen (secondary N) is 2. The lowest BCUT2D eigenvalue weighted by atomic mass is 10.3. The molecule has 0 saturated carbocycles. The molecule has 5 heteroatoms. The number of hydrogen-bond acceptors (Lipinski definition) is 3. The summed E-state index contributed by atoms with van der Waals surface area (Å²) < 4.78 is 4.84. The smallest absolute Gasteiger partial charge is 0.222 e. The summed E-state index contributed by atoms with van der Waals surface area (Å²) in [5, 5.41) is 2.83. The van der Waals surface area contributed by atoms with Crippen LogP contribution in [0.5, 0.6) is 0 Å². The molecule has 18 heavy (non-hydrogen) atoms. The van der Waals surface area contributed by atoms with Gasteiger partial charge in [0.05, 0.1) is 17.6 Å². The average Bonchev–Trinajstić information content (AvgIpc) is 2.79. The number of imidazole rings is 1. The van der Waals surface area contributed by atoms with E-state index in [2.05, 4.69) is 15.3 Å². The molecule has 0 aliphatic heterocycles. The van der Waals surface area contributed by atoms with E-state index < -0.39 is 0 Å². The van der Waals surface area contributed by atoms with Crippen LogP contribution in [0.2, 0.25) is 0 Å².